The van der Waals surface area contributed by atoms with Crippen molar-refractivity contribution in [3.8, 4) is 0 Å². The maximum Gasteiger partial charge on any atom is 0.338 e. The predicted molar refractivity (Wildman–Crippen MR) is 48.7 cm³/mol. The van der Waals surface area contributed by atoms with Gasteiger partial charge in [0.1, 0.15) is 5.50 Å². The molecule has 0 heterocycles. The third-order valence-corrected chi connectivity index (χ3v) is 3.20. The van der Waals surface area contributed by atoms with Crippen molar-refractivity contribution < 1.29 is 13.0 Å². The van der Waals surface area contributed by atoms with Gasteiger partial charge >= 0.3 is 10.3 Å². The number of halogens is 2. The molecule has 12 heavy (non-hydrogen) atoms. The van der Waals surface area contributed by atoms with Crippen LogP contribution in [0.5, 0.6) is 0 Å². The number of hydrogen-bond acceptors (Lipinski definition) is 2. The summed E-state index contributed by atoms with van der Waals surface area (Å²) >= 11 is 10.9. The summed E-state index contributed by atoms with van der Waals surface area (Å²) in [5.41, 5.74) is -0.775. The predicted octanol–water partition coefficient (Wildman–Crippen LogP) is 1.65. The summed E-state index contributed by atoms with van der Waals surface area (Å²) < 4.78 is 30.4. The molecule has 1 unspecified atom stereocenters. The van der Waals surface area contributed by atoms with Crippen LogP contribution in [0.4, 0.5) is 0 Å². The second-order valence-corrected chi connectivity index (χ2v) is 4.32. The van der Waals surface area contributed by atoms with Crippen molar-refractivity contribution in [2.75, 3.05) is 6.00 Å². The highest BCUT2D eigenvalue weighted by Gasteiger charge is 2.24. The lowest BCUT2D eigenvalue weighted by molar-refractivity contribution is 0.354. The van der Waals surface area contributed by atoms with Gasteiger partial charge in [-0.2, -0.15) is 8.42 Å². The van der Waals surface area contributed by atoms with Crippen molar-refractivity contribution in [2.45, 2.75) is 25.3 Å². The molecule has 0 radical (unpaired) electrons. The van der Waals surface area contributed by atoms with Crippen LogP contribution in [-0.2, 0) is 10.3 Å². The van der Waals surface area contributed by atoms with Crippen LogP contribution in [-0.4, -0.2) is 28.8 Å². The van der Waals surface area contributed by atoms with Crippen LogP contribution in [0, 0.1) is 0 Å². The molecule has 1 atom stereocenters. The van der Waals surface area contributed by atoms with E-state index in [0.717, 1.165) is 6.42 Å². The summed E-state index contributed by atoms with van der Waals surface area (Å²) in [6.07, 6.45) is 1.17. The zero-order valence-corrected chi connectivity index (χ0v) is 8.90. The van der Waals surface area contributed by atoms with Gasteiger partial charge in [-0.15, -0.1) is 27.5 Å². The summed E-state index contributed by atoms with van der Waals surface area (Å²) in [4.78, 5) is 0. The normalized spacial score (nSPS) is 15.1. The Balaban J connectivity index is 4.35. The average Bonchev–Trinajstić information content (AvgIpc) is 1.85. The van der Waals surface area contributed by atoms with E-state index in [-0.39, 0.29) is 6.00 Å². The van der Waals surface area contributed by atoms with Gasteiger partial charge in [0.25, 0.3) is 0 Å². The van der Waals surface area contributed by atoms with Gasteiger partial charge in [-0.05, 0) is 6.42 Å². The number of nitrogens with zero attached hydrogens (tertiary/aromatic N) is 1. The van der Waals surface area contributed by atoms with Gasteiger partial charge in [-0.3, -0.25) is 4.55 Å². The SMILES string of the molecule is CCCC(Cl)N(CCl)S(=O)(=O)O. The van der Waals surface area contributed by atoms with E-state index in [9.17, 15) is 8.42 Å². The summed E-state index contributed by atoms with van der Waals surface area (Å²) in [6.45, 7) is 1.85. The van der Waals surface area contributed by atoms with Gasteiger partial charge in [0.15, 0.2) is 0 Å². The Kier molecular flexibility index (Phi) is 5.43. The Morgan fingerprint density at radius 3 is 2.33 bits per heavy atom. The summed E-state index contributed by atoms with van der Waals surface area (Å²) in [5.74, 6) is 0. The minimum atomic E-state index is -4.27. The van der Waals surface area contributed by atoms with Crippen LogP contribution in [0.1, 0.15) is 19.8 Å². The van der Waals surface area contributed by atoms with Crippen LogP contribution in [0.15, 0.2) is 0 Å². The van der Waals surface area contributed by atoms with Gasteiger partial charge in [0.2, 0.25) is 0 Å². The molecule has 0 aromatic carbocycles. The zero-order chi connectivity index (χ0) is 9.78. The van der Waals surface area contributed by atoms with Crippen molar-refractivity contribution in [1.29, 1.82) is 0 Å². The highest BCUT2D eigenvalue weighted by atomic mass is 35.5. The van der Waals surface area contributed by atoms with Crippen LogP contribution in [0.2, 0.25) is 0 Å². The fraction of sp³-hybridized carbons (Fsp3) is 1.00. The Morgan fingerprint density at radius 1 is 1.58 bits per heavy atom. The molecule has 0 saturated heterocycles. The quantitative estimate of drug-likeness (QED) is 0.448. The molecule has 1 N–H and O–H groups in total. The highest BCUT2D eigenvalue weighted by molar-refractivity contribution is 7.83. The molecule has 0 aromatic rings. The van der Waals surface area contributed by atoms with Crippen LogP contribution in [0.25, 0.3) is 0 Å². The second-order valence-electron chi connectivity index (χ2n) is 2.21. The molecule has 0 amide bonds. The first kappa shape index (κ1) is 12.4. The lowest BCUT2D eigenvalue weighted by Crippen LogP contribution is -2.35. The van der Waals surface area contributed by atoms with Crippen LogP contribution in [0.3, 0.4) is 0 Å². The number of alkyl halides is 2. The minimum absolute atomic E-state index is 0.340. The van der Waals surface area contributed by atoms with E-state index < -0.39 is 15.8 Å². The highest BCUT2D eigenvalue weighted by Crippen LogP contribution is 2.15. The molecule has 4 nitrogen and oxygen atoms in total. The summed E-state index contributed by atoms with van der Waals surface area (Å²) in [6, 6.07) is -0.340. The first-order valence-electron chi connectivity index (χ1n) is 3.37. The zero-order valence-electron chi connectivity index (χ0n) is 6.57. The van der Waals surface area contributed by atoms with Gasteiger partial charge in [-0.1, -0.05) is 13.3 Å². The maximum atomic E-state index is 10.6. The van der Waals surface area contributed by atoms with E-state index in [1.807, 2.05) is 6.92 Å². The summed E-state index contributed by atoms with van der Waals surface area (Å²) in [7, 11) is -4.27. The van der Waals surface area contributed by atoms with Crippen molar-refractivity contribution in [1.82, 2.24) is 4.31 Å². The largest absolute Gasteiger partial charge is 0.338 e. The lowest BCUT2D eigenvalue weighted by atomic mass is 10.3. The monoisotopic (exact) mass is 235 g/mol. The molecule has 0 saturated carbocycles. The summed E-state index contributed by atoms with van der Waals surface area (Å²) in [5, 5.41) is 0. The molecule has 0 fully saturated rings. The topological polar surface area (TPSA) is 57.6 Å². The first-order chi connectivity index (χ1) is 5.43. The average molecular weight is 236 g/mol. The fourth-order valence-corrected chi connectivity index (χ4v) is 2.38. The second kappa shape index (κ2) is 5.24. The Labute approximate surface area is 82.3 Å². The Hall–Kier alpha value is 0.450. The molecule has 74 valence electrons. The number of hydrogen-bond donors (Lipinski definition) is 1. The molecule has 0 aliphatic carbocycles. The first-order valence-corrected chi connectivity index (χ1v) is 5.74. The third kappa shape index (κ3) is 3.91. The van der Waals surface area contributed by atoms with Crippen molar-refractivity contribution in [2.24, 2.45) is 0 Å². The molecule has 0 rings (SSSR count). The van der Waals surface area contributed by atoms with E-state index in [2.05, 4.69) is 0 Å². The molecule has 0 aliphatic heterocycles. The standard InChI is InChI=1S/C5H11Cl2NO3S/c1-2-3-5(7)8(4-6)12(9,10)11/h5H,2-4H2,1H3,(H,9,10,11). The lowest BCUT2D eigenvalue weighted by Gasteiger charge is -2.20. The van der Waals surface area contributed by atoms with Crippen LogP contribution < -0.4 is 0 Å². The van der Waals surface area contributed by atoms with E-state index in [1.165, 1.54) is 0 Å². The fourth-order valence-electron chi connectivity index (χ4n) is 0.663. The molecule has 7 heteroatoms. The Morgan fingerprint density at radius 2 is 2.08 bits per heavy atom. The van der Waals surface area contributed by atoms with Crippen molar-refractivity contribution in [3.05, 3.63) is 0 Å². The molecule has 0 aliphatic rings. The van der Waals surface area contributed by atoms with E-state index >= 15 is 0 Å². The van der Waals surface area contributed by atoms with E-state index in [1.54, 1.807) is 0 Å². The maximum absolute atomic E-state index is 10.6. The van der Waals surface area contributed by atoms with Crippen molar-refractivity contribution >= 4 is 33.5 Å². The third-order valence-electron chi connectivity index (χ3n) is 1.25. The Bertz CT molecular complexity index is 219. The van der Waals surface area contributed by atoms with Gasteiger partial charge in [0, 0.05) is 0 Å². The van der Waals surface area contributed by atoms with E-state index in [0.29, 0.717) is 10.7 Å². The van der Waals surface area contributed by atoms with Gasteiger partial charge in [0.05, 0.1) is 6.00 Å². The molecule has 0 aromatic heterocycles. The van der Waals surface area contributed by atoms with Gasteiger partial charge < -0.3 is 0 Å². The molecular weight excluding hydrogens is 225 g/mol. The molecule has 0 spiro atoms. The molecule has 0 bridgehead atoms. The minimum Gasteiger partial charge on any atom is -0.273 e. The van der Waals surface area contributed by atoms with Gasteiger partial charge in [-0.25, -0.2) is 0 Å². The van der Waals surface area contributed by atoms with E-state index in [4.69, 9.17) is 27.8 Å². The smallest absolute Gasteiger partial charge is 0.273 e. The molecular formula is C5H11Cl2NO3S. The van der Waals surface area contributed by atoms with Crippen molar-refractivity contribution in [3.63, 3.8) is 0 Å². The van der Waals surface area contributed by atoms with Crippen LogP contribution >= 0.6 is 23.2 Å². The number of rotatable bonds is 5.